The maximum atomic E-state index is 9.70. The van der Waals surface area contributed by atoms with Gasteiger partial charge in [0, 0.05) is 14.0 Å². The smallest absolute Gasteiger partial charge is 0.216 e. The molecule has 0 aromatic carbocycles. The van der Waals surface area contributed by atoms with Crippen LogP contribution in [-0.4, -0.2) is 32.6 Å². The molecule has 1 atom stereocenters. The number of carbonyl (C=O) groups excluding carboxylic acids is 1. The molecule has 72 valence electrons. The van der Waals surface area contributed by atoms with Crippen molar-refractivity contribution in [1.29, 1.82) is 0 Å². The fourth-order valence-corrected chi connectivity index (χ4v) is 0.916. The Morgan fingerprint density at radius 1 is 1.75 bits per heavy atom. The van der Waals surface area contributed by atoms with Crippen LogP contribution < -0.4 is 16.4 Å². The lowest BCUT2D eigenvalue weighted by Gasteiger charge is -1.98. The first-order valence-corrected chi connectivity index (χ1v) is 4.29. The molecule has 0 aromatic rings. The molecule has 1 saturated heterocycles. The first kappa shape index (κ1) is 11.4. The van der Waals surface area contributed by atoms with Crippen molar-refractivity contribution < 1.29 is 4.79 Å². The van der Waals surface area contributed by atoms with Gasteiger partial charge in [0.2, 0.25) is 5.91 Å². The Balaban J connectivity index is 0.000000217. The molecular weight excluding hydrogens is 154 g/mol. The van der Waals surface area contributed by atoms with Crippen molar-refractivity contribution in [3.8, 4) is 0 Å². The minimum absolute atomic E-state index is 0.00463. The highest BCUT2D eigenvalue weighted by Gasteiger charge is 2.10. The summed E-state index contributed by atoms with van der Waals surface area (Å²) < 4.78 is 0. The van der Waals surface area contributed by atoms with Crippen LogP contribution in [0.15, 0.2) is 0 Å². The van der Waals surface area contributed by atoms with E-state index < -0.39 is 0 Å². The Morgan fingerprint density at radius 2 is 2.33 bits per heavy atom. The number of hydrogen-bond donors (Lipinski definition) is 3. The van der Waals surface area contributed by atoms with Gasteiger partial charge in [-0.05, 0) is 32.0 Å². The molecule has 4 nitrogen and oxygen atoms in total. The molecule has 1 aliphatic rings. The van der Waals surface area contributed by atoms with Gasteiger partial charge in [0.25, 0.3) is 0 Å². The summed E-state index contributed by atoms with van der Waals surface area (Å²) in [7, 11) is 1.60. The Morgan fingerprint density at radius 3 is 2.50 bits per heavy atom. The topological polar surface area (TPSA) is 67.2 Å². The molecule has 1 heterocycles. The molecular formula is C8H19N3O. The summed E-state index contributed by atoms with van der Waals surface area (Å²) in [4.78, 5) is 9.70. The van der Waals surface area contributed by atoms with Gasteiger partial charge in [-0.15, -0.1) is 0 Å². The number of nitrogens with two attached hydrogens (primary N) is 1. The third-order valence-corrected chi connectivity index (χ3v) is 1.85. The Bertz CT molecular complexity index is 121. The highest BCUT2D eigenvalue weighted by molar-refractivity contribution is 5.72. The summed E-state index contributed by atoms with van der Waals surface area (Å²) in [5.74, 6) is 0.769. The van der Waals surface area contributed by atoms with Crippen molar-refractivity contribution in [2.75, 3.05) is 26.7 Å². The summed E-state index contributed by atoms with van der Waals surface area (Å²) in [5, 5.41) is 5.63. The fraction of sp³-hybridized carbons (Fsp3) is 0.875. The van der Waals surface area contributed by atoms with Crippen molar-refractivity contribution in [3.05, 3.63) is 0 Å². The van der Waals surface area contributed by atoms with Gasteiger partial charge in [0.05, 0.1) is 0 Å². The van der Waals surface area contributed by atoms with Gasteiger partial charge in [0.1, 0.15) is 0 Å². The molecule has 0 bridgehead atoms. The van der Waals surface area contributed by atoms with Crippen LogP contribution in [0.4, 0.5) is 0 Å². The van der Waals surface area contributed by atoms with Crippen molar-refractivity contribution in [2.24, 2.45) is 11.7 Å². The van der Waals surface area contributed by atoms with E-state index in [0.717, 1.165) is 19.0 Å². The molecule has 4 heteroatoms. The number of nitrogens with one attached hydrogen (secondary N) is 2. The first-order valence-electron chi connectivity index (χ1n) is 4.29. The molecule has 1 rings (SSSR count). The van der Waals surface area contributed by atoms with Crippen molar-refractivity contribution in [3.63, 3.8) is 0 Å². The van der Waals surface area contributed by atoms with Crippen LogP contribution in [0.3, 0.4) is 0 Å². The lowest BCUT2D eigenvalue weighted by molar-refractivity contribution is -0.118. The largest absolute Gasteiger partial charge is 0.359 e. The van der Waals surface area contributed by atoms with E-state index in [4.69, 9.17) is 5.73 Å². The number of amides is 1. The summed E-state index contributed by atoms with van der Waals surface area (Å²) in [5.41, 5.74) is 5.39. The van der Waals surface area contributed by atoms with E-state index in [1.807, 2.05) is 0 Å². The van der Waals surface area contributed by atoms with Crippen LogP contribution in [0.5, 0.6) is 0 Å². The maximum Gasteiger partial charge on any atom is 0.216 e. The molecule has 1 fully saturated rings. The Kier molecular flexibility index (Phi) is 6.70. The van der Waals surface area contributed by atoms with E-state index in [2.05, 4.69) is 10.6 Å². The van der Waals surface area contributed by atoms with Crippen molar-refractivity contribution >= 4 is 5.91 Å². The van der Waals surface area contributed by atoms with E-state index in [1.54, 1.807) is 7.05 Å². The minimum atomic E-state index is 0.00463. The molecule has 1 unspecified atom stereocenters. The van der Waals surface area contributed by atoms with Gasteiger partial charge in [-0.2, -0.15) is 0 Å². The number of hydrogen-bond acceptors (Lipinski definition) is 3. The van der Waals surface area contributed by atoms with Crippen LogP contribution >= 0.6 is 0 Å². The maximum absolute atomic E-state index is 9.70. The Hall–Kier alpha value is -0.610. The molecule has 0 saturated carbocycles. The summed E-state index contributed by atoms with van der Waals surface area (Å²) in [6.07, 6.45) is 1.27. The SMILES string of the molecule is CNC(C)=O.NCC1CCNC1. The van der Waals surface area contributed by atoms with Crippen LogP contribution in [0, 0.1) is 5.92 Å². The number of rotatable bonds is 1. The van der Waals surface area contributed by atoms with Gasteiger partial charge < -0.3 is 16.4 Å². The summed E-state index contributed by atoms with van der Waals surface area (Å²) in [6.45, 7) is 4.63. The van der Waals surface area contributed by atoms with E-state index in [-0.39, 0.29) is 5.91 Å². The molecule has 4 N–H and O–H groups in total. The zero-order chi connectivity index (χ0) is 9.40. The third-order valence-electron chi connectivity index (χ3n) is 1.85. The standard InChI is InChI=1S/C5H12N2.C3H7NO/c6-3-5-1-2-7-4-5;1-3(5)4-2/h5,7H,1-4,6H2;1-2H3,(H,4,5). The van der Waals surface area contributed by atoms with Crippen molar-refractivity contribution in [1.82, 2.24) is 10.6 Å². The number of carbonyl (C=O) groups is 1. The fourth-order valence-electron chi connectivity index (χ4n) is 0.916. The first-order chi connectivity index (χ1) is 5.70. The average molecular weight is 173 g/mol. The van der Waals surface area contributed by atoms with Gasteiger partial charge in [-0.25, -0.2) is 0 Å². The highest BCUT2D eigenvalue weighted by atomic mass is 16.1. The normalized spacial score (nSPS) is 21.1. The molecule has 0 aromatic heterocycles. The predicted molar refractivity (Wildman–Crippen MR) is 49.8 cm³/mol. The van der Waals surface area contributed by atoms with Gasteiger partial charge >= 0.3 is 0 Å². The molecule has 0 aliphatic carbocycles. The van der Waals surface area contributed by atoms with Gasteiger partial charge in [-0.3, -0.25) is 4.79 Å². The summed E-state index contributed by atoms with van der Waals surface area (Å²) >= 11 is 0. The Labute approximate surface area is 73.9 Å². The van der Waals surface area contributed by atoms with Gasteiger partial charge in [-0.1, -0.05) is 0 Å². The molecule has 1 aliphatic heterocycles. The monoisotopic (exact) mass is 173 g/mol. The zero-order valence-corrected chi connectivity index (χ0v) is 7.89. The van der Waals surface area contributed by atoms with Crippen LogP contribution in [0.25, 0.3) is 0 Å². The second-order valence-electron chi connectivity index (χ2n) is 2.90. The van der Waals surface area contributed by atoms with E-state index in [0.29, 0.717) is 0 Å². The lowest BCUT2D eigenvalue weighted by Crippen LogP contribution is -2.16. The quantitative estimate of drug-likeness (QED) is 0.491. The molecule has 12 heavy (non-hydrogen) atoms. The molecule has 1 amide bonds. The van der Waals surface area contributed by atoms with E-state index in [9.17, 15) is 4.79 Å². The van der Waals surface area contributed by atoms with E-state index >= 15 is 0 Å². The minimum Gasteiger partial charge on any atom is -0.359 e. The van der Waals surface area contributed by atoms with Gasteiger partial charge in [0.15, 0.2) is 0 Å². The van der Waals surface area contributed by atoms with Crippen LogP contribution in [-0.2, 0) is 4.79 Å². The second kappa shape index (κ2) is 7.06. The third kappa shape index (κ3) is 6.12. The lowest BCUT2D eigenvalue weighted by atomic mass is 10.1. The zero-order valence-electron chi connectivity index (χ0n) is 7.89. The summed E-state index contributed by atoms with van der Waals surface area (Å²) in [6, 6.07) is 0. The van der Waals surface area contributed by atoms with E-state index in [1.165, 1.54) is 19.9 Å². The van der Waals surface area contributed by atoms with Crippen LogP contribution in [0.1, 0.15) is 13.3 Å². The highest BCUT2D eigenvalue weighted by Crippen LogP contribution is 2.02. The average Bonchev–Trinajstić information content (AvgIpc) is 2.57. The molecule has 0 spiro atoms. The van der Waals surface area contributed by atoms with Crippen molar-refractivity contribution in [2.45, 2.75) is 13.3 Å². The molecule has 0 radical (unpaired) electrons. The predicted octanol–water partition coefficient (Wildman–Crippen LogP) is -0.693. The second-order valence-corrected chi connectivity index (χ2v) is 2.90. The van der Waals surface area contributed by atoms with Crippen LogP contribution in [0.2, 0.25) is 0 Å².